The van der Waals surface area contributed by atoms with Gasteiger partial charge >= 0.3 is 4.87 Å². The summed E-state index contributed by atoms with van der Waals surface area (Å²) in [7, 11) is 1.39. The van der Waals surface area contributed by atoms with Crippen LogP contribution in [0.15, 0.2) is 10.2 Å². The largest absolute Gasteiger partial charge is 0.307 e. The summed E-state index contributed by atoms with van der Waals surface area (Å²) in [6.07, 6.45) is 0.988. The lowest BCUT2D eigenvalue weighted by atomic mass is 10.3. The fourth-order valence-corrected chi connectivity index (χ4v) is 2.00. The van der Waals surface area contributed by atoms with Crippen molar-refractivity contribution in [2.75, 3.05) is 7.11 Å². The second-order valence-corrected chi connectivity index (χ2v) is 3.95. The van der Waals surface area contributed by atoms with Gasteiger partial charge in [-0.05, 0) is 13.3 Å². The summed E-state index contributed by atoms with van der Waals surface area (Å²) in [5.74, 6) is -0.168. The molecule has 0 fully saturated rings. The molecule has 1 rings (SSSR count). The number of aryl methyl sites for hydroxylation is 1. The molecule has 15 heavy (non-hydrogen) atoms. The lowest BCUT2D eigenvalue weighted by Crippen LogP contribution is -2.22. The van der Waals surface area contributed by atoms with Gasteiger partial charge in [-0.2, -0.15) is 0 Å². The SMILES string of the molecule is CONC(=O)CCCn1c(C)csc1=O. The van der Waals surface area contributed by atoms with Crippen molar-refractivity contribution in [2.45, 2.75) is 26.3 Å². The van der Waals surface area contributed by atoms with E-state index in [2.05, 4.69) is 10.3 Å². The van der Waals surface area contributed by atoms with Gasteiger partial charge in [0.05, 0.1) is 7.11 Å². The molecule has 1 aromatic rings. The van der Waals surface area contributed by atoms with Crippen LogP contribution in [0.5, 0.6) is 0 Å². The highest BCUT2D eigenvalue weighted by atomic mass is 32.1. The van der Waals surface area contributed by atoms with Gasteiger partial charge in [0.15, 0.2) is 0 Å². The number of hydroxylamine groups is 1. The molecule has 6 heteroatoms. The molecule has 84 valence electrons. The van der Waals surface area contributed by atoms with E-state index in [9.17, 15) is 9.59 Å². The Morgan fingerprint density at radius 3 is 2.93 bits per heavy atom. The van der Waals surface area contributed by atoms with Crippen molar-refractivity contribution < 1.29 is 9.63 Å². The zero-order valence-corrected chi connectivity index (χ0v) is 9.60. The average molecular weight is 230 g/mol. The van der Waals surface area contributed by atoms with Crippen LogP contribution < -0.4 is 10.4 Å². The van der Waals surface area contributed by atoms with Crippen molar-refractivity contribution in [1.29, 1.82) is 0 Å². The lowest BCUT2D eigenvalue weighted by molar-refractivity contribution is -0.131. The minimum Gasteiger partial charge on any atom is -0.303 e. The van der Waals surface area contributed by atoms with Crippen molar-refractivity contribution in [3.8, 4) is 0 Å². The zero-order valence-electron chi connectivity index (χ0n) is 8.78. The number of carbonyl (C=O) groups excluding carboxylic acids is 1. The fraction of sp³-hybridized carbons (Fsp3) is 0.556. The van der Waals surface area contributed by atoms with Gasteiger partial charge in [0, 0.05) is 24.0 Å². The van der Waals surface area contributed by atoms with E-state index in [1.807, 2.05) is 12.3 Å². The van der Waals surface area contributed by atoms with Crippen molar-refractivity contribution >= 4 is 17.2 Å². The number of nitrogens with one attached hydrogen (secondary N) is 1. The van der Waals surface area contributed by atoms with Crippen LogP contribution in [0.4, 0.5) is 0 Å². The van der Waals surface area contributed by atoms with E-state index >= 15 is 0 Å². The van der Waals surface area contributed by atoms with E-state index in [4.69, 9.17) is 0 Å². The number of amides is 1. The first-order valence-electron chi connectivity index (χ1n) is 4.62. The van der Waals surface area contributed by atoms with Gasteiger partial charge in [0.2, 0.25) is 5.91 Å². The molecule has 0 saturated carbocycles. The van der Waals surface area contributed by atoms with Crippen molar-refractivity contribution in [2.24, 2.45) is 0 Å². The van der Waals surface area contributed by atoms with Gasteiger partial charge in [0.1, 0.15) is 0 Å². The summed E-state index contributed by atoms with van der Waals surface area (Å²) in [6.45, 7) is 2.46. The number of thiazole rings is 1. The monoisotopic (exact) mass is 230 g/mol. The third-order valence-corrected chi connectivity index (χ3v) is 2.86. The minimum absolute atomic E-state index is 0.0275. The van der Waals surface area contributed by atoms with Crippen LogP contribution in [0.2, 0.25) is 0 Å². The standard InChI is InChI=1S/C9H14N2O3S/c1-7-6-15-9(13)11(7)5-3-4-8(12)10-14-2/h6H,3-5H2,1-2H3,(H,10,12). The number of aromatic nitrogens is 1. The summed E-state index contributed by atoms with van der Waals surface area (Å²) < 4.78 is 1.67. The Kier molecular flexibility index (Phi) is 4.51. The Bertz CT molecular complexity index is 383. The van der Waals surface area contributed by atoms with Gasteiger partial charge < -0.3 is 4.57 Å². The van der Waals surface area contributed by atoms with Crippen LogP contribution in [0, 0.1) is 6.92 Å². The normalized spacial score (nSPS) is 10.3. The fourth-order valence-electron chi connectivity index (χ4n) is 1.24. The maximum atomic E-state index is 11.3. The number of nitrogens with zero attached hydrogens (tertiary/aromatic N) is 1. The van der Waals surface area contributed by atoms with Crippen LogP contribution in [0.25, 0.3) is 0 Å². The topological polar surface area (TPSA) is 60.3 Å². The summed E-state index contributed by atoms with van der Waals surface area (Å²) >= 11 is 1.18. The van der Waals surface area contributed by atoms with Crippen LogP contribution in [-0.4, -0.2) is 17.6 Å². The molecule has 1 N–H and O–H groups in total. The van der Waals surface area contributed by atoms with E-state index in [-0.39, 0.29) is 10.8 Å². The second-order valence-electron chi connectivity index (χ2n) is 3.13. The molecule has 5 nitrogen and oxygen atoms in total. The molecule has 0 saturated heterocycles. The highest BCUT2D eigenvalue weighted by Crippen LogP contribution is 2.02. The number of hydrogen-bond acceptors (Lipinski definition) is 4. The van der Waals surface area contributed by atoms with E-state index in [1.54, 1.807) is 4.57 Å². The summed E-state index contributed by atoms with van der Waals surface area (Å²) in [4.78, 5) is 26.8. The molecule has 0 aliphatic heterocycles. The predicted octanol–water partition coefficient (Wildman–Crippen LogP) is 0.676. The molecule has 1 aromatic heterocycles. The highest BCUT2D eigenvalue weighted by Gasteiger charge is 2.04. The minimum atomic E-state index is -0.168. The Hall–Kier alpha value is -1.14. The quantitative estimate of drug-likeness (QED) is 0.756. The second kappa shape index (κ2) is 5.67. The first-order valence-corrected chi connectivity index (χ1v) is 5.50. The molecule has 0 aromatic carbocycles. The van der Waals surface area contributed by atoms with Gasteiger partial charge in [-0.25, -0.2) is 5.48 Å². The van der Waals surface area contributed by atoms with Crippen molar-refractivity contribution in [3.63, 3.8) is 0 Å². The maximum absolute atomic E-state index is 11.3. The third kappa shape index (κ3) is 3.49. The molecule has 0 radical (unpaired) electrons. The van der Waals surface area contributed by atoms with Gasteiger partial charge in [-0.1, -0.05) is 11.3 Å². The lowest BCUT2D eigenvalue weighted by Gasteiger charge is -2.04. The molecule has 0 atom stereocenters. The molecule has 0 unspecified atom stereocenters. The average Bonchev–Trinajstić information content (AvgIpc) is 2.49. The predicted molar refractivity (Wildman–Crippen MR) is 57.7 cm³/mol. The third-order valence-electron chi connectivity index (χ3n) is 1.98. The number of carbonyl (C=O) groups is 1. The van der Waals surface area contributed by atoms with Crippen molar-refractivity contribution in [1.82, 2.24) is 10.0 Å². The molecule has 1 heterocycles. The van der Waals surface area contributed by atoms with Crippen LogP contribution in [-0.2, 0) is 16.2 Å². The van der Waals surface area contributed by atoms with E-state index in [0.717, 1.165) is 5.69 Å². The van der Waals surface area contributed by atoms with Crippen molar-refractivity contribution in [3.05, 3.63) is 20.7 Å². The first-order chi connectivity index (χ1) is 7.15. The summed E-state index contributed by atoms with van der Waals surface area (Å²) in [5.41, 5.74) is 3.17. The molecular formula is C9H14N2O3S. The van der Waals surface area contributed by atoms with Gasteiger partial charge in [-0.15, -0.1) is 0 Å². The molecular weight excluding hydrogens is 216 g/mol. The Balaban J connectivity index is 2.38. The Labute approximate surface area is 91.6 Å². The highest BCUT2D eigenvalue weighted by molar-refractivity contribution is 7.07. The molecule has 1 amide bonds. The smallest absolute Gasteiger partial charge is 0.303 e. The van der Waals surface area contributed by atoms with Gasteiger partial charge in [-0.3, -0.25) is 14.4 Å². The first kappa shape index (κ1) is 11.9. The number of rotatable bonds is 5. The van der Waals surface area contributed by atoms with E-state index < -0.39 is 0 Å². The summed E-state index contributed by atoms with van der Waals surface area (Å²) in [6, 6.07) is 0. The molecule has 0 aliphatic carbocycles. The summed E-state index contributed by atoms with van der Waals surface area (Å²) in [5, 5.41) is 1.82. The van der Waals surface area contributed by atoms with Crippen LogP contribution in [0.1, 0.15) is 18.5 Å². The molecule has 0 spiro atoms. The zero-order chi connectivity index (χ0) is 11.3. The molecule has 0 aliphatic rings. The Morgan fingerprint density at radius 2 is 2.40 bits per heavy atom. The van der Waals surface area contributed by atoms with Gasteiger partial charge in [0.25, 0.3) is 0 Å². The Morgan fingerprint density at radius 1 is 1.67 bits per heavy atom. The van der Waals surface area contributed by atoms with E-state index in [0.29, 0.717) is 19.4 Å². The molecule has 0 bridgehead atoms. The van der Waals surface area contributed by atoms with Crippen LogP contribution in [0.3, 0.4) is 0 Å². The number of hydrogen-bond donors (Lipinski definition) is 1. The maximum Gasteiger partial charge on any atom is 0.307 e. The van der Waals surface area contributed by atoms with E-state index in [1.165, 1.54) is 18.4 Å². The van der Waals surface area contributed by atoms with Crippen LogP contribution >= 0.6 is 11.3 Å².